The maximum Gasteiger partial charge on any atom is 0.258 e. The molecule has 2 heterocycles. The van der Waals surface area contributed by atoms with Crippen molar-refractivity contribution < 1.29 is 18.7 Å². The van der Waals surface area contributed by atoms with Gasteiger partial charge in [-0.1, -0.05) is 11.6 Å². The second-order valence-electron chi connectivity index (χ2n) is 8.28. The first-order valence-electron chi connectivity index (χ1n) is 10.7. The molecule has 0 radical (unpaired) electrons. The third-order valence-corrected chi connectivity index (χ3v) is 6.21. The molecule has 33 heavy (non-hydrogen) atoms. The van der Waals surface area contributed by atoms with E-state index in [1.807, 2.05) is 6.92 Å². The van der Waals surface area contributed by atoms with Crippen LogP contribution < -0.4 is 15.4 Å². The maximum atomic E-state index is 13.9. The second-order valence-corrected chi connectivity index (χ2v) is 8.66. The number of hydrogen-bond donors (Lipinski definition) is 3. The van der Waals surface area contributed by atoms with Crippen LogP contribution in [0.3, 0.4) is 0 Å². The lowest BCUT2D eigenvalue weighted by molar-refractivity contribution is -0.122. The number of halogens is 2. The standard InChI is InChI=1S/C23H25ClFN5O3/c1-12-20(24)13(2)29-21(28-12)17-10-30(11-18(17)26)23(32)16-6-5-15(25)9-19(16)33-8-7-27-22(31)14-3-4-14/h5-6,9,14,26,28H,3-4,7-8,10-11H2,1-2H3,(H,27,31)/b21-17+,26-18?. The minimum Gasteiger partial charge on any atom is -0.491 e. The summed E-state index contributed by atoms with van der Waals surface area (Å²) in [6, 6.07) is 3.73. The molecule has 0 spiro atoms. The third-order valence-electron chi connectivity index (χ3n) is 5.65. The van der Waals surface area contributed by atoms with E-state index in [-0.39, 0.29) is 61.0 Å². The molecule has 3 N–H and O–H groups in total. The zero-order chi connectivity index (χ0) is 23.7. The van der Waals surface area contributed by atoms with Crippen LogP contribution >= 0.6 is 11.6 Å². The smallest absolute Gasteiger partial charge is 0.258 e. The number of benzene rings is 1. The van der Waals surface area contributed by atoms with Gasteiger partial charge in [0.15, 0.2) is 0 Å². The van der Waals surface area contributed by atoms with E-state index in [1.54, 1.807) is 6.92 Å². The van der Waals surface area contributed by atoms with Crippen molar-refractivity contribution in [3.8, 4) is 5.75 Å². The molecule has 0 aromatic heterocycles. The number of ether oxygens (including phenoxy) is 1. The molecule has 1 aromatic carbocycles. The Morgan fingerprint density at radius 3 is 2.79 bits per heavy atom. The number of amides is 2. The topological polar surface area (TPSA) is 107 Å². The zero-order valence-corrected chi connectivity index (χ0v) is 19.2. The first-order valence-corrected chi connectivity index (χ1v) is 11.1. The van der Waals surface area contributed by atoms with Gasteiger partial charge in [-0.15, -0.1) is 0 Å². The van der Waals surface area contributed by atoms with Crippen molar-refractivity contribution in [3.05, 3.63) is 51.7 Å². The fourth-order valence-corrected chi connectivity index (χ4v) is 3.76. The number of allylic oxidation sites excluding steroid dienone is 2. The van der Waals surface area contributed by atoms with Crippen LogP contribution in [0.2, 0.25) is 0 Å². The average Bonchev–Trinajstić information content (AvgIpc) is 3.56. The van der Waals surface area contributed by atoms with Crippen molar-refractivity contribution in [1.82, 2.24) is 15.5 Å². The average molecular weight is 474 g/mol. The largest absolute Gasteiger partial charge is 0.491 e. The Hall–Kier alpha value is -3.20. The summed E-state index contributed by atoms with van der Waals surface area (Å²) in [5, 5.41) is 14.8. The monoisotopic (exact) mass is 473 g/mol. The van der Waals surface area contributed by atoms with Crippen molar-refractivity contribution in [3.63, 3.8) is 0 Å². The molecular formula is C23H25ClFN5O3. The number of rotatable bonds is 6. The van der Waals surface area contributed by atoms with Gasteiger partial charge < -0.3 is 25.7 Å². The minimum absolute atomic E-state index is 0.00845. The number of likely N-dealkylation sites (tertiary alicyclic amines) is 1. The summed E-state index contributed by atoms with van der Waals surface area (Å²) >= 11 is 6.18. The molecule has 0 bridgehead atoms. The molecule has 10 heteroatoms. The minimum atomic E-state index is -0.532. The van der Waals surface area contributed by atoms with Gasteiger partial charge in [0, 0.05) is 23.3 Å². The van der Waals surface area contributed by atoms with Crippen LogP contribution in [0.5, 0.6) is 5.75 Å². The van der Waals surface area contributed by atoms with Crippen molar-refractivity contribution in [2.75, 3.05) is 26.2 Å². The summed E-state index contributed by atoms with van der Waals surface area (Å²) in [6.07, 6.45) is 1.81. The van der Waals surface area contributed by atoms with Gasteiger partial charge in [0.25, 0.3) is 5.91 Å². The van der Waals surface area contributed by atoms with Crippen LogP contribution in [0.25, 0.3) is 0 Å². The van der Waals surface area contributed by atoms with Crippen molar-refractivity contribution in [2.45, 2.75) is 26.7 Å². The number of aliphatic imine (C=N–C) groups is 1. The lowest BCUT2D eigenvalue weighted by atomic mass is 10.1. The highest BCUT2D eigenvalue weighted by Gasteiger charge is 2.32. The molecule has 2 aliphatic heterocycles. The van der Waals surface area contributed by atoms with Crippen LogP contribution in [0, 0.1) is 17.1 Å². The summed E-state index contributed by atoms with van der Waals surface area (Å²) in [7, 11) is 0. The predicted molar refractivity (Wildman–Crippen MR) is 123 cm³/mol. The third kappa shape index (κ3) is 5.08. The summed E-state index contributed by atoms with van der Waals surface area (Å²) in [5.41, 5.74) is 2.42. The molecule has 0 atom stereocenters. The van der Waals surface area contributed by atoms with Gasteiger partial charge in [0.2, 0.25) is 5.91 Å². The van der Waals surface area contributed by atoms with Crippen LogP contribution in [0.4, 0.5) is 4.39 Å². The Bertz CT molecular complexity index is 1120. The van der Waals surface area contributed by atoms with E-state index in [2.05, 4.69) is 15.6 Å². The highest BCUT2D eigenvalue weighted by atomic mass is 35.5. The SMILES string of the molecule is CC1=N/C(=C2\CN(C(=O)c3ccc(F)cc3OCCNC(=O)C3CC3)CC2=N)NC(C)=C1Cl. The Morgan fingerprint density at radius 2 is 2.09 bits per heavy atom. The molecule has 1 aromatic rings. The molecule has 0 unspecified atom stereocenters. The Kier molecular flexibility index (Phi) is 6.51. The van der Waals surface area contributed by atoms with Crippen molar-refractivity contribution >= 4 is 34.8 Å². The zero-order valence-electron chi connectivity index (χ0n) is 18.4. The van der Waals surface area contributed by atoms with Crippen LogP contribution in [-0.4, -0.2) is 54.4 Å². The van der Waals surface area contributed by atoms with E-state index in [4.69, 9.17) is 21.7 Å². The van der Waals surface area contributed by atoms with Gasteiger partial charge in [0.05, 0.1) is 41.7 Å². The molecule has 174 valence electrons. The van der Waals surface area contributed by atoms with Gasteiger partial charge in [-0.2, -0.15) is 0 Å². The van der Waals surface area contributed by atoms with Crippen molar-refractivity contribution in [2.24, 2.45) is 10.9 Å². The molecular weight excluding hydrogens is 449 g/mol. The van der Waals surface area contributed by atoms with Gasteiger partial charge >= 0.3 is 0 Å². The first-order chi connectivity index (χ1) is 15.7. The van der Waals surface area contributed by atoms with Crippen LogP contribution in [-0.2, 0) is 4.79 Å². The van der Waals surface area contributed by atoms with Gasteiger partial charge in [-0.05, 0) is 38.8 Å². The van der Waals surface area contributed by atoms with Crippen LogP contribution in [0.15, 0.2) is 45.3 Å². The Morgan fingerprint density at radius 1 is 1.33 bits per heavy atom. The summed E-state index contributed by atoms with van der Waals surface area (Å²) in [4.78, 5) is 30.9. The Balaban J connectivity index is 1.46. The number of nitrogens with one attached hydrogen (secondary N) is 3. The summed E-state index contributed by atoms with van der Waals surface area (Å²) in [6.45, 7) is 4.25. The molecule has 3 aliphatic rings. The van der Waals surface area contributed by atoms with E-state index in [0.29, 0.717) is 22.1 Å². The molecule has 1 aliphatic carbocycles. The normalized spacial score (nSPS) is 20.5. The highest BCUT2D eigenvalue weighted by molar-refractivity contribution is 6.43. The molecule has 8 nitrogen and oxygen atoms in total. The summed E-state index contributed by atoms with van der Waals surface area (Å²) in [5.74, 6) is -0.233. The maximum absolute atomic E-state index is 13.9. The van der Waals surface area contributed by atoms with Gasteiger partial charge in [-0.3, -0.25) is 9.59 Å². The number of hydrogen-bond acceptors (Lipinski definition) is 6. The van der Waals surface area contributed by atoms with E-state index < -0.39 is 5.82 Å². The van der Waals surface area contributed by atoms with Crippen molar-refractivity contribution in [1.29, 1.82) is 5.41 Å². The lowest BCUT2D eigenvalue weighted by Gasteiger charge is -2.19. The number of nitrogens with zero attached hydrogens (tertiary/aromatic N) is 2. The van der Waals surface area contributed by atoms with E-state index >= 15 is 0 Å². The fourth-order valence-electron chi connectivity index (χ4n) is 3.67. The van der Waals surface area contributed by atoms with E-state index in [9.17, 15) is 14.0 Å². The first kappa shape index (κ1) is 23.0. The van der Waals surface area contributed by atoms with E-state index in [0.717, 1.165) is 24.6 Å². The van der Waals surface area contributed by atoms with E-state index in [1.165, 1.54) is 17.0 Å². The Labute approximate surface area is 196 Å². The van der Waals surface area contributed by atoms with Crippen LogP contribution in [0.1, 0.15) is 37.0 Å². The molecule has 4 rings (SSSR count). The number of carbonyl (C=O) groups is 2. The lowest BCUT2D eigenvalue weighted by Crippen LogP contribution is -2.31. The molecule has 2 fully saturated rings. The predicted octanol–water partition coefficient (Wildman–Crippen LogP) is 2.95. The molecule has 1 saturated heterocycles. The second kappa shape index (κ2) is 9.35. The fraction of sp³-hybridized carbons (Fsp3) is 0.391. The number of carbonyl (C=O) groups excluding carboxylic acids is 2. The molecule has 1 saturated carbocycles. The summed E-state index contributed by atoms with van der Waals surface area (Å²) < 4.78 is 19.5. The van der Waals surface area contributed by atoms with Gasteiger partial charge in [0.1, 0.15) is 24.0 Å². The highest BCUT2D eigenvalue weighted by Crippen LogP contribution is 2.29. The van der Waals surface area contributed by atoms with Gasteiger partial charge in [-0.25, -0.2) is 9.38 Å². The quantitative estimate of drug-likeness (QED) is 0.552. The molecule has 2 amide bonds.